The van der Waals surface area contributed by atoms with Crippen LogP contribution >= 0.6 is 0 Å². The highest BCUT2D eigenvalue weighted by atomic mass is 16.4. The molecule has 2 nitrogen and oxygen atoms in total. The number of hydrogen-bond donors (Lipinski definition) is 1. The molecule has 2 heteroatoms. The first-order chi connectivity index (χ1) is 8.13. The lowest BCUT2D eigenvalue weighted by molar-refractivity contribution is -0.139. The zero-order chi connectivity index (χ0) is 12.0. The van der Waals surface area contributed by atoms with Gasteiger partial charge in [-0.2, -0.15) is 0 Å². The summed E-state index contributed by atoms with van der Waals surface area (Å²) in [6.45, 7) is 2.15. The lowest BCUT2D eigenvalue weighted by Crippen LogP contribution is -2.21. The van der Waals surface area contributed by atoms with Crippen molar-refractivity contribution in [3.05, 3.63) is 35.4 Å². The van der Waals surface area contributed by atoms with Gasteiger partial charge in [0.05, 0.1) is 5.92 Å². The second-order valence-electron chi connectivity index (χ2n) is 5.74. The second kappa shape index (κ2) is 3.59. The van der Waals surface area contributed by atoms with Crippen molar-refractivity contribution in [1.29, 1.82) is 0 Å². The van der Waals surface area contributed by atoms with Crippen molar-refractivity contribution in [2.24, 2.45) is 11.3 Å². The summed E-state index contributed by atoms with van der Waals surface area (Å²) in [5, 5.41) is 9.17. The number of aliphatic carboxylic acids is 1. The zero-order valence-electron chi connectivity index (χ0n) is 10.1. The van der Waals surface area contributed by atoms with Gasteiger partial charge in [-0.1, -0.05) is 31.2 Å². The molecule has 0 aromatic heterocycles. The van der Waals surface area contributed by atoms with Crippen LogP contribution in [0.2, 0.25) is 0 Å². The predicted octanol–water partition coefficient (Wildman–Crippen LogP) is 3.22. The van der Waals surface area contributed by atoms with Crippen LogP contribution < -0.4 is 0 Å². The van der Waals surface area contributed by atoms with Crippen LogP contribution in [0.4, 0.5) is 0 Å². The van der Waals surface area contributed by atoms with E-state index in [1.807, 2.05) is 0 Å². The lowest BCUT2D eigenvalue weighted by atomic mass is 9.73. The molecule has 3 rings (SSSR count). The molecular weight excluding hydrogens is 212 g/mol. The van der Waals surface area contributed by atoms with Crippen molar-refractivity contribution in [2.75, 3.05) is 0 Å². The Morgan fingerprint density at radius 2 is 2.18 bits per heavy atom. The van der Waals surface area contributed by atoms with Gasteiger partial charge >= 0.3 is 5.97 Å². The first kappa shape index (κ1) is 10.8. The van der Waals surface area contributed by atoms with Gasteiger partial charge in [0.1, 0.15) is 0 Å². The Kier molecular flexibility index (Phi) is 2.29. The summed E-state index contributed by atoms with van der Waals surface area (Å²) >= 11 is 0. The number of fused-ring (bicyclic) bond motifs is 1. The normalized spacial score (nSPS) is 35.1. The summed E-state index contributed by atoms with van der Waals surface area (Å²) < 4.78 is 0. The van der Waals surface area contributed by atoms with Crippen molar-refractivity contribution in [3.8, 4) is 0 Å². The number of hydrogen-bond acceptors (Lipinski definition) is 1. The number of benzene rings is 1. The minimum absolute atomic E-state index is 0.00234. The topological polar surface area (TPSA) is 37.3 Å². The molecule has 90 valence electrons. The van der Waals surface area contributed by atoms with Gasteiger partial charge in [0.15, 0.2) is 0 Å². The summed E-state index contributed by atoms with van der Waals surface area (Å²) in [6, 6.07) is 8.56. The van der Waals surface area contributed by atoms with E-state index in [-0.39, 0.29) is 11.3 Å². The Bertz CT molecular complexity index is 466. The molecule has 0 bridgehead atoms. The van der Waals surface area contributed by atoms with E-state index in [0.717, 1.165) is 19.3 Å². The Labute approximate surface area is 102 Å². The highest BCUT2D eigenvalue weighted by molar-refractivity contribution is 5.75. The first-order valence-electron chi connectivity index (χ1n) is 6.43. The van der Waals surface area contributed by atoms with E-state index in [4.69, 9.17) is 5.11 Å². The summed E-state index contributed by atoms with van der Waals surface area (Å²) in [7, 11) is 0. The van der Waals surface area contributed by atoms with Crippen LogP contribution in [0.3, 0.4) is 0 Å². The van der Waals surface area contributed by atoms with E-state index in [0.29, 0.717) is 5.92 Å². The van der Waals surface area contributed by atoms with E-state index < -0.39 is 5.97 Å². The van der Waals surface area contributed by atoms with Gasteiger partial charge in [-0.3, -0.25) is 4.79 Å². The van der Waals surface area contributed by atoms with E-state index in [1.54, 1.807) is 0 Å². The second-order valence-corrected chi connectivity index (χ2v) is 5.74. The SMILES string of the molecule is C[C@]1(C2CCCc3ccccc32)C[C@@H]1C(=O)O. The number of carboxylic acid groups (broad SMARTS) is 1. The largest absolute Gasteiger partial charge is 0.481 e. The quantitative estimate of drug-likeness (QED) is 0.847. The maximum Gasteiger partial charge on any atom is 0.307 e. The van der Waals surface area contributed by atoms with Crippen LogP contribution in [-0.4, -0.2) is 11.1 Å². The molecule has 0 radical (unpaired) electrons. The molecule has 1 N–H and O–H groups in total. The summed E-state index contributed by atoms with van der Waals surface area (Å²) in [6.07, 6.45) is 4.35. The maximum atomic E-state index is 11.1. The molecule has 17 heavy (non-hydrogen) atoms. The third kappa shape index (κ3) is 1.58. The molecule has 1 fully saturated rings. The minimum atomic E-state index is -0.615. The molecule has 0 saturated heterocycles. The fourth-order valence-corrected chi connectivity index (χ4v) is 3.57. The average Bonchev–Trinajstić information content (AvgIpc) is 3.02. The van der Waals surface area contributed by atoms with Crippen LogP contribution in [0.25, 0.3) is 0 Å². The van der Waals surface area contributed by atoms with Crippen LogP contribution in [0.15, 0.2) is 24.3 Å². The molecule has 0 spiro atoms. The zero-order valence-corrected chi connectivity index (χ0v) is 10.1. The maximum absolute atomic E-state index is 11.1. The van der Waals surface area contributed by atoms with Crippen LogP contribution in [0.5, 0.6) is 0 Å². The Morgan fingerprint density at radius 3 is 2.88 bits per heavy atom. The van der Waals surface area contributed by atoms with Gasteiger partial charge < -0.3 is 5.11 Å². The van der Waals surface area contributed by atoms with E-state index in [1.165, 1.54) is 17.5 Å². The van der Waals surface area contributed by atoms with Gasteiger partial charge in [0.2, 0.25) is 0 Å². The molecule has 2 aliphatic rings. The predicted molar refractivity (Wildman–Crippen MR) is 66.0 cm³/mol. The number of carbonyl (C=O) groups is 1. The minimum Gasteiger partial charge on any atom is -0.481 e. The number of aryl methyl sites for hydroxylation is 1. The summed E-state index contributed by atoms with van der Waals surface area (Å²) in [5.74, 6) is -0.289. The summed E-state index contributed by atoms with van der Waals surface area (Å²) in [5.41, 5.74) is 2.84. The third-order valence-electron chi connectivity index (χ3n) is 4.74. The molecular formula is C15H18O2. The van der Waals surface area contributed by atoms with Crippen molar-refractivity contribution in [2.45, 2.75) is 38.5 Å². The van der Waals surface area contributed by atoms with Crippen LogP contribution in [0.1, 0.15) is 43.2 Å². The fourth-order valence-electron chi connectivity index (χ4n) is 3.57. The third-order valence-corrected chi connectivity index (χ3v) is 4.74. The Balaban J connectivity index is 1.94. The first-order valence-corrected chi connectivity index (χ1v) is 6.43. The monoisotopic (exact) mass is 230 g/mol. The highest BCUT2D eigenvalue weighted by Gasteiger charge is 2.59. The van der Waals surface area contributed by atoms with Gasteiger partial charge in [0.25, 0.3) is 0 Å². The van der Waals surface area contributed by atoms with Gasteiger partial charge in [-0.05, 0) is 48.1 Å². The molecule has 0 aliphatic heterocycles. The Morgan fingerprint density at radius 1 is 1.41 bits per heavy atom. The van der Waals surface area contributed by atoms with Gasteiger partial charge in [-0.25, -0.2) is 0 Å². The van der Waals surface area contributed by atoms with Crippen molar-refractivity contribution >= 4 is 5.97 Å². The lowest BCUT2D eigenvalue weighted by Gasteiger charge is -2.31. The van der Waals surface area contributed by atoms with E-state index in [9.17, 15) is 4.79 Å². The Hall–Kier alpha value is -1.31. The molecule has 1 unspecified atom stereocenters. The van der Waals surface area contributed by atoms with E-state index >= 15 is 0 Å². The molecule has 1 saturated carbocycles. The van der Waals surface area contributed by atoms with Crippen molar-refractivity contribution in [3.63, 3.8) is 0 Å². The van der Waals surface area contributed by atoms with Crippen LogP contribution in [-0.2, 0) is 11.2 Å². The fraction of sp³-hybridized carbons (Fsp3) is 0.533. The average molecular weight is 230 g/mol. The van der Waals surface area contributed by atoms with Crippen molar-refractivity contribution in [1.82, 2.24) is 0 Å². The van der Waals surface area contributed by atoms with Gasteiger partial charge in [-0.15, -0.1) is 0 Å². The standard InChI is InChI=1S/C15H18O2/c1-15(9-13(15)14(16)17)12-8-4-6-10-5-2-3-7-11(10)12/h2-3,5,7,12-13H,4,6,8-9H2,1H3,(H,16,17)/t12?,13-,15-/m1/s1. The smallest absolute Gasteiger partial charge is 0.307 e. The van der Waals surface area contributed by atoms with Gasteiger partial charge in [0, 0.05) is 0 Å². The molecule has 1 aromatic rings. The number of carboxylic acids is 1. The van der Waals surface area contributed by atoms with Crippen LogP contribution in [0, 0.1) is 11.3 Å². The molecule has 3 atom stereocenters. The molecule has 0 heterocycles. The van der Waals surface area contributed by atoms with Crippen molar-refractivity contribution < 1.29 is 9.90 Å². The number of rotatable bonds is 2. The van der Waals surface area contributed by atoms with E-state index in [2.05, 4.69) is 31.2 Å². The summed E-state index contributed by atoms with van der Waals surface area (Å²) in [4.78, 5) is 11.1. The molecule has 2 aliphatic carbocycles. The highest BCUT2D eigenvalue weighted by Crippen LogP contribution is 2.63. The molecule has 0 amide bonds. The molecule has 1 aromatic carbocycles.